The van der Waals surface area contributed by atoms with Crippen molar-refractivity contribution >= 4 is 16.5 Å². The number of aromatic nitrogens is 1. The SMILES string of the molecule is C(#Cc1cncc2ccccc12)c1ccc(N2CCCCC2)cc1. The molecule has 2 nitrogen and oxygen atoms in total. The van der Waals surface area contributed by atoms with E-state index in [-0.39, 0.29) is 0 Å². The molecule has 1 saturated heterocycles. The standard InChI is InChI=1S/C22H20N2/c1-4-14-24(15-5-1)21-12-9-18(10-13-21)8-11-20-17-23-16-19-6-2-3-7-22(19)20/h2-3,6-7,9-10,12-13,16-17H,1,4-5,14-15H2. The lowest BCUT2D eigenvalue weighted by Gasteiger charge is -2.28. The molecule has 0 atom stereocenters. The highest BCUT2D eigenvalue weighted by Gasteiger charge is 2.10. The Labute approximate surface area is 143 Å². The summed E-state index contributed by atoms with van der Waals surface area (Å²) in [5, 5.41) is 2.29. The summed E-state index contributed by atoms with van der Waals surface area (Å²) >= 11 is 0. The van der Waals surface area contributed by atoms with E-state index in [0.29, 0.717) is 0 Å². The van der Waals surface area contributed by atoms with Crippen molar-refractivity contribution in [1.82, 2.24) is 4.98 Å². The van der Waals surface area contributed by atoms with Crippen LogP contribution in [-0.2, 0) is 0 Å². The normalized spacial score (nSPS) is 14.2. The van der Waals surface area contributed by atoms with Crippen molar-refractivity contribution in [2.24, 2.45) is 0 Å². The fraction of sp³-hybridized carbons (Fsp3) is 0.227. The first-order valence-corrected chi connectivity index (χ1v) is 8.60. The molecule has 118 valence electrons. The summed E-state index contributed by atoms with van der Waals surface area (Å²) in [6.45, 7) is 2.35. The molecule has 0 spiro atoms. The van der Waals surface area contributed by atoms with Gasteiger partial charge in [0, 0.05) is 47.5 Å². The maximum atomic E-state index is 4.29. The molecule has 0 unspecified atom stereocenters. The molecule has 24 heavy (non-hydrogen) atoms. The van der Waals surface area contributed by atoms with Gasteiger partial charge in [-0.25, -0.2) is 0 Å². The van der Waals surface area contributed by atoms with E-state index >= 15 is 0 Å². The predicted molar refractivity (Wildman–Crippen MR) is 100 cm³/mol. The van der Waals surface area contributed by atoms with Crippen LogP contribution in [0.5, 0.6) is 0 Å². The summed E-state index contributed by atoms with van der Waals surface area (Å²) in [6.07, 6.45) is 7.69. The Morgan fingerprint density at radius 2 is 1.58 bits per heavy atom. The fourth-order valence-electron chi connectivity index (χ4n) is 3.26. The van der Waals surface area contributed by atoms with Gasteiger partial charge in [0.2, 0.25) is 0 Å². The van der Waals surface area contributed by atoms with Crippen LogP contribution in [0.1, 0.15) is 30.4 Å². The van der Waals surface area contributed by atoms with Gasteiger partial charge in [-0.2, -0.15) is 0 Å². The van der Waals surface area contributed by atoms with Gasteiger partial charge < -0.3 is 4.90 Å². The number of pyridine rings is 1. The minimum atomic E-state index is 0.980. The monoisotopic (exact) mass is 312 g/mol. The lowest BCUT2D eigenvalue weighted by atomic mass is 10.1. The average molecular weight is 312 g/mol. The second-order valence-corrected chi connectivity index (χ2v) is 6.25. The quantitative estimate of drug-likeness (QED) is 0.609. The van der Waals surface area contributed by atoms with Crippen LogP contribution in [0.4, 0.5) is 5.69 Å². The Morgan fingerprint density at radius 3 is 2.42 bits per heavy atom. The fourth-order valence-corrected chi connectivity index (χ4v) is 3.26. The lowest BCUT2D eigenvalue weighted by molar-refractivity contribution is 0.578. The van der Waals surface area contributed by atoms with Crippen LogP contribution in [-0.4, -0.2) is 18.1 Å². The first kappa shape index (κ1) is 14.8. The van der Waals surface area contributed by atoms with Crippen LogP contribution in [0, 0.1) is 11.8 Å². The minimum Gasteiger partial charge on any atom is -0.372 e. The van der Waals surface area contributed by atoms with E-state index < -0.39 is 0 Å². The molecule has 1 fully saturated rings. The van der Waals surface area contributed by atoms with Crippen LogP contribution in [0.3, 0.4) is 0 Å². The molecule has 0 saturated carbocycles. The molecule has 1 aliphatic rings. The molecule has 4 rings (SSSR count). The van der Waals surface area contributed by atoms with Gasteiger partial charge in [-0.3, -0.25) is 4.98 Å². The Balaban J connectivity index is 1.58. The predicted octanol–water partition coefficient (Wildman–Crippen LogP) is 4.62. The van der Waals surface area contributed by atoms with E-state index in [4.69, 9.17) is 0 Å². The van der Waals surface area contributed by atoms with Crippen molar-refractivity contribution in [3.8, 4) is 11.8 Å². The molecule has 3 aromatic rings. The summed E-state index contributed by atoms with van der Waals surface area (Å²) in [4.78, 5) is 6.76. The van der Waals surface area contributed by atoms with Gasteiger partial charge in [0.1, 0.15) is 0 Å². The summed E-state index contributed by atoms with van der Waals surface area (Å²) in [5.41, 5.74) is 3.34. The maximum absolute atomic E-state index is 4.29. The van der Waals surface area contributed by atoms with Gasteiger partial charge >= 0.3 is 0 Å². The van der Waals surface area contributed by atoms with Crippen molar-refractivity contribution in [2.45, 2.75) is 19.3 Å². The van der Waals surface area contributed by atoms with Crippen LogP contribution < -0.4 is 4.90 Å². The van der Waals surface area contributed by atoms with E-state index in [2.05, 4.69) is 58.1 Å². The second-order valence-electron chi connectivity index (χ2n) is 6.25. The largest absolute Gasteiger partial charge is 0.372 e. The van der Waals surface area contributed by atoms with Crippen molar-refractivity contribution in [2.75, 3.05) is 18.0 Å². The molecule has 2 aromatic carbocycles. The van der Waals surface area contributed by atoms with E-state index in [1.807, 2.05) is 24.5 Å². The topological polar surface area (TPSA) is 16.1 Å². The zero-order valence-electron chi connectivity index (χ0n) is 13.7. The molecule has 0 radical (unpaired) electrons. The number of anilines is 1. The Morgan fingerprint density at radius 1 is 0.792 bits per heavy atom. The highest BCUT2D eigenvalue weighted by atomic mass is 15.1. The molecule has 0 amide bonds. The second kappa shape index (κ2) is 6.76. The maximum Gasteiger partial charge on any atom is 0.0510 e. The molecule has 2 heteroatoms. The zero-order valence-corrected chi connectivity index (χ0v) is 13.7. The van der Waals surface area contributed by atoms with Crippen molar-refractivity contribution in [3.05, 3.63) is 72.1 Å². The Kier molecular flexibility index (Phi) is 4.16. The van der Waals surface area contributed by atoms with Crippen LogP contribution >= 0.6 is 0 Å². The van der Waals surface area contributed by atoms with E-state index in [1.54, 1.807) is 0 Å². The first-order chi connectivity index (χ1) is 11.9. The zero-order chi connectivity index (χ0) is 16.2. The number of piperidine rings is 1. The molecule has 0 bridgehead atoms. The van der Waals surface area contributed by atoms with Crippen molar-refractivity contribution in [1.29, 1.82) is 0 Å². The van der Waals surface area contributed by atoms with Crippen molar-refractivity contribution < 1.29 is 0 Å². The summed E-state index contributed by atoms with van der Waals surface area (Å²) in [7, 11) is 0. The number of rotatable bonds is 1. The number of benzene rings is 2. The summed E-state index contributed by atoms with van der Waals surface area (Å²) in [6, 6.07) is 16.9. The Bertz CT molecular complexity index is 889. The third kappa shape index (κ3) is 3.12. The summed E-state index contributed by atoms with van der Waals surface area (Å²) < 4.78 is 0. The van der Waals surface area contributed by atoms with E-state index in [0.717, 1.165) is 21.9 Å². The molecule has 2 heterocycles. The molecular formula is C22H20N2. The summed E-state index contributed by atoms with van der Waals surface area (Å²) in [5.74, 6) is 6.55. The number of nitrogens with zero attached hydrogens (tertiary/aromatic N) is 2. The third-order valence-corrected chi connectivity index (χ3v) is 4.60. The average Bonchev–Trinajstić information content (AvgIpc) is 2.67. The number of fused-ring (bicyclic) bond motifs is 1. The highest BCUT2D eigenvalue weighted by molar-refractivity contribution is 5.87. The van der Waals surface area contributed by atoms with Gasteiger partial charge in [0.05, 0.1) is 5.56 Å². The van der Waals surface area contributed by atoms with Gasteiger partial charge in [-0.15, -0.1) is 0 Å². The number of hydrogen-bond acceptors (Lipinski definition) is 2. The molecule has 0 N–H and O–H groups in total. The van der Waals surface area contributed by atoms with Crippen LogP contribution in [0.15, 0.2) is 60.9 Å². The smallest absolute Gasteiger partial charge is 0.0510 e. The van der Waals surface area contributed by atoms with Crippen LogP contribution in [0.25, 0.3) is 10.8 Å². The van der Waals surface area contributed by atoms with Gasteiger partial charge in [-0.05, 0) is 43.5 Å². The van der Waals surface area contributed by atoms with Gasteiger partial charge in [0.25, 0.3) is 0 Å². The van der Waals surface area contributed by atoms with E-state index in [9.17, 15) is 0 Å². The van der Waals surface area contributed by atoms with Crippen LogP contribution in [0.2, 0.25) is 0 Å². The Hall–Kier alpha value is -2.79. The van der Waals surface area contributed by atoms with E-state index in [1.165, 1.54) is 38.0 Å². The number of hydrogen-bond donors (Lipinski definition) is 0. The van der Waals surface area contributed by atoms with Gasteiger partial charge in [-0.1, -0.05) is 36.1 Å². The molecule has 1 aromatic heterocycles. The molecule has 0 aliphatic carbocycles. The molecular weight excluding hydrogens is 292 g/mol. The minimum absolute atomic E-state index is 0.980. The lowest BCUT2D eigenvalue weighted by Crippen LogP contribution is -2.29. The van der Waals surface area contributed by atoms with Gasteiger partial charge in [0.15, 0.2) is 0 Å². The molecule has 1 aliphatic heterocycles. The first-order valence-electron chi connectivity index (χ1n) is 8.60. The van der Waals surface area contributed by atoms with Crippen molar-refractivity contribution in [3.63, 3.8) is 0 Å². The third-order valence-electron chi connectivity index (χ3n) is 4.60. The highest BCUT2D eigenvalue weighted by Crippen LogP contribution is 2.20.